The number of rotatable bonds is 4. The van der Waals surface area contributed by atoms with E-state index < -0.39 is 10.0 Å². The first kappa shape index (κ1) is 15.5. The van der Waals surface area contributed by atoms with Crippen molar-refractivity contribution in [3.8, 4) is 0 Å². The molecule has 1 fully saturated rings. The second kappa shape index (κ2) is 6.24. The molecule has 1 aromatic rings. The van der Waals surface area contributed by atoms with Crippen LogP contribution >= 0.6 is 0 Å². The van der Waals surface area contributed by atoms with E-state index in [1.807, 2.05) is 12.1 Å². The Balaban J connectivity index is 2.06. The van der Waals surface area contributed by atoms with Gasteiger partial charge in [-0.15, -0.1) is 0 Å². The van der Waals surface area contributed by atoms with Gasteiger partial charge in [-0.3, -0.25) is 0 Å². The van der Waals surface area contributed by atoms with Crippen molar-refractivity contribution < 1.29 is 8.42 Å². The van der Waals surface area contributed by atoms with Gasteiger partial charge in [-0.2, -0.15) is 0 Å². The van der Waals surface area contributed by atoms with E-state index >= 15 is 0 Å². The molecule has 1 saturated heterocycles. The van der Waals surface area contributed by atoms with Crippen molar-refractivity contribution in [3.05, 3.63) is 29.8 Å². The van der Waals surface area contributed by atoms with Gasteiger partial charge in [0.1, 0.15) is 0 Å². The Morgan fingerprint density at radius 2 is 1.70 bits per heavy atom. The Labute approximate surface area is 122 Å². The lowest BCUT2D eigenvalue weighted by Crippen LogP contribution is -2.43. The van der Waals surface area contributed by atoms with Crippen molar-refractivity contribution in [2.45, 2.75) is 43.5 Å². The van der Waals surface area contributed by atoms with E-state index in [0.717, 1.165) is 31.5 Å². The molecule has 2 rings (SSSR count). The Morgan fingerprint density at radius 3 is 2.20 bits per heavy atom. The van der Waals surface area contributed by atoms with Crippen LogP contribution in [-0.2, 0) is 10.0 Å². The number of benzene rings is 1. The SMILES string of the molecule is CC(C)c1ccc(S(=O)(=O)NC2CCN(C)CC2)cc1. The highest BCUT2D eigenvalue weighted by atomic mass is 32.2. The highest BCUT2D eigenvalue weighted by molar-refractivity contribution is 7.89. The monoisotopic (exact) mass is 296 g/mol. The van der Waals surface area contributed by atoms with Crippen LogP contribution in [-0.4, -0.2) is 39.5 Å². The van der Waals surface area contributed by atoms with Crippen LogP contribution in [0.2, 0.25) is 0 Å². The second-order valence-electron chi connectivity index (χ2n) is 5.92. The lowest BCUT2D eigenvalue weighted by molar-refractivity contribution is 0.248. The zero-order valence-corrected chi connectivity index (χ0v) is 13.3. The first-order chi connectivity index (χ1) is 9.38. The van der Waals surface area contributed by atoms with E-state index in [0.29, 0.717) is 10.8 Å². The molecule has 0 aliphatic carbocycles. The summed E-state index contributed by atoms with van der Waals surface area (Å²) in [6.07, 6.45) is 1.75. The van der Waals surface area contributed by atoms with Gasteiger partial charge in [0.15, 0.2) is 0 Å². The summed E-state index contributed by atoms with van der Waals surface area (Å²) in [6, 6.07) is 7.25. The van der Waals surface area contributed by atoms with E-state index in [2.05, 4.69) is 30.5 Å². The molecule has 20 heavy (non-hydrogen) atoms. The fourth-order valence-corrected chi connectivity index (χ4v) is 3.75. The molecule has 1 N–H and O–H groups in total. The minimum atomic E-state index is -3.39. The molecule has 0 atom stereocenters. The molecular formula is C15H24N2O2S. The number of hydrogen-bond acceptors (Lipinski definition) is 3. The molecule has 0 amide bonds. The molecule has 112 valence electrons. The van der Waals surface area contributed by atoms with E-state index in [-0.39, 0.29) is 6.04 Å². The minimum Gasteiger partial charge on any atom is -0.306 e. The Bertz CT molecular complexity index is 529. The zero-order valence-electron chi connectivity index (χ0n) is 12.5. The first-order valence-electron chi connectivity index (χ1n) is 7.19. The summed E-state index contributed by atoms with van der Waals surface area (Å²) in [6.45, 7) is 6.08. The molecule has 1 aliphatic heterocycles. The van der Waals surface area contributed by atoms with Crippen molar-refractivity contribution in [3.63, 3.8) is 0 Å². The number of sulfonamides is 1. The van der Waals surface area contributed by atoms with Crippen molar-refractivity contribution in [2.75, 3.05) is 20.1 Å². The normalized spacial score (nSPS) is 18.6. The molecule has 0 spiro atoms. The van der Waals surface area contributed by atoms with Gasteiger partial charge in [0.25, 0.3) is 0 Å². The van der Waals surface area contributed by atoms with Crippen LogP contribution < -0.4 is 4.72 Å². The highest BCUT2D eigenvalue weighted by Gasteiger charge is 2.23. The first-order valence-corrected chi connectivity index (χ1v) is 8.67. The standard InChI is InChI=1S/C15H24N2O2S/c1-12(2)13-4-6-15(7-5-13)20(18,19)16-14-8-10-17(3)11-9-14/h4-7,12,14,16H,8-11H2,1-3H3. The van der Waals surface area contributed by atoms with E-state index in [1.54, 1.807) is 12.1 Å². The molecule has 0 saturated carbocycles. The van der Waals surface area contributed by atoms with Crippen molar-refractivity contribution in [1.82, 2.24) is 9.62 Å². The van der Waals surface area contributed by atoms with Crippen molar-refractivity contribution >= 4 is 10.0 Å². The summed E-state index contributed by atoms with van der Waals surface area (Å²) in [5.74, 6) is 0.411. The number of hydrogen-bond donors (Lipinski definition) is 1. The predicted octanol–water partition coefficient (Wildman–Crippen LogP) is 2.18. The van der Waals surface area contributed by atoms with Gasteiger partial charge in [0, 0.05) is 6.04 Å². The van der Waals surface area contributed by atoms with E-state index in [4.69, 9.17) is 0 Å². The molecule has 4 nitrogen and oxygen atoms in total. The van der Waals surface area contributed by atoms with Crippen LogP contribution in [0.3, 0.4) is 0 Å². The maximum atomic E-state index is 12.3. The summed E-state index contributed by atoms with van der Waals surface area (Å²) in [5, 5.41) is 0. The van der Waals surface area contributed by atoms with Crippen LogP contribution in [0.15, 0.2) is 29.2 Å². The third kappa shape index (κ3) is 3.81. The van der Waals surface area contributed by atoms with E-state index in [1.165, 1.54) is 0 Å². The van der Waals surface area contributed by atoms with Crippen LogP contribution in [0.5, 0.6) is 0 Å². The van der Waals surface area contributed by atoms with Gasteiger partial charge in [-0.1, -0.05) is 26.0 Å². The third-order valence-electron chi connectivity index (χ3n) is 3.90. The maximum absolute atomic E-state index is 12.3. The van der Waals surface area contributed by atoms with Crippen LogP contribution in [0.4, 0.5) is 0 Å². The lowest BCUT2D eigenvalue weighted by atomic mass is 10.0. The van der Waals surface area contributed by atoms with Gasteiger partial charge in [0.05, 0.1) is 4.90 Å². The summed E-state index contributed by atoms with van der Waals surface area (Å²) in [7, 11) is -1.32. The average Bonchev–Trinajstić information content (AvgIpc) is 2.41. The van der Waals surface area contributed by atoms with Crippen molar-refractivity contribution in [2.24, 2.45) is 0 Å². The van der Waals surface area contributed by atoms with Crippen LogP contribution in [0.1, 0.15) is 38.2 Å². The number of piperidine rings is 1. The Hall–Kier alpha value is -0.910. The van der Waals surface area contributed by atoms with Gasteiger partial charge in [-0.05, 0) is 56.6 Å². The topological polar surface area (TPSA) is 49.4 Å². The molecular weight excluding hydrogens is 272 g/mol. The molecule has 0 bridgehead atoms. The number of nitrogens with zero attached hydrogens (tertiary/aromatic N) is 1. The molecule has 0 unspecified atom stereocenters. The number of nitrogens with one attached hydrogen (secondary N) is 1. The molecule has 1 aromatic carbocycles. The Kier molecular flexibility index (Phi) is 4.83. The fraction of sp³-hybridized carbons (Fsp3) is 0.600. The van der Waals surface area contributed by atoms with Crippen LogP contribution in [0, 0.1) is 0 Å². The smallest absolute Gasteiger partial charge is 0.240 e. The van der Waals surface area contributed by atoms with Gasteiger partial charge >= 0.3 is 0 Å². The fourth-order valence-electron chi connectivity index (χ4n) is 2.45. The average molecular weight is 296 g/mol. The predicted molar refractivity (Wildman–Crippen MR) is 81.4 cm³/mol. The van der Waals surface area contributed by atoms with Gasteiger partial charge < -0.3 is 4.90 Å². The van der Waals surface area contributed by atoms with E-state index in [9.17, 15) is 8.42 Å². The largest absolute Gasteiger partial charge is 0.306 e. The number of likely N-dealkylation sites (tertiary alicyclic amines) is 1. The molecule has 1 aliphatic rings. The quantitative estimate of drug-likeness (QED) is 0.926. The summed E-state index contributed by atoms with van der Waals surface area (Å²) in [4.78, 5) is 2.59. The van der Waals surface area contributed by atoms with Crippen molar-refractivity contribution in [1.29, 1.82) is 0 Å². The molecule has 0 aromatic heterocycles. The molecule has 0 radical (unpaired) electrons. The molecule has 5 heteroatoms. The summed E-state index contributed by atoms with van der Waals surface area (Å²) < 4.78 is 27.5. The third-order valence-corrected chi connectivity index (χ3v) is 5.43. The van der Waals surface area contributed by atoms with Gasteiger partial charge in [-0.25, -0.2) is 13.1 Å². The second-order valence-corrected chi connectivity index (χ2v) is 7.64. The van der Waals surface area contributed by atoms with Crippen LogP contribution in [0.25, 0.3) is 0 Å². The maximum Gasteiger partial charge on any atom is 0.240 e. The Morgan fingerprint density at radius 1 is 1.15 bits per heavy atom. The highest BCUT2D eigenvalue weighted by Crippen LogP contribution is 2.18. The summed E-state index contributed by atoms with van der Waals surface area (Å²) in [5.41, 5.74) is 1.16. The lowest BCUT2D eigenvalue weighted by Gasteiger charge is -2.29. The zero-order chi connectivity index (χ0) is 14.8. The molecule has 1 heterocycles. The van der Waals surface area contributed by atoms with Gasteiger partial charge in [0.2, 0.25) is 10.0 Å². The minimum absolute atomic E-state index is 0.0565. The summed E-state index contributed by atoms with van der Waals surface area (Å²) >= 11 is 0.